The lowest BCUT2D eigenvalue weighted by Gasteiger charge is -2.05. The van der Waals surface area contributed by atoms with E-state index in [1.807, 2.05) is 30.3 Å². The molecule has 2 N–H and O–H groups in total. The van der Waals surface area contributed by atoms with E-state index in [2.05, 4.69) is 15.1 Å². The summed E-state index contributed by atoms with van der Waals surface area (Å²) in [7, 11) is 0. The maximum absolute atomic E-state index is 5.60. The van der Waals surface area contributed by atoms with Crippen LogP contribution in [-0.4, -0.2) is 19.7 Å². The summed E-state index contributed by atoms with van der Waals surface area (Å²) < 4.78 is 1.71. The number of rotatable bonds is 2. The highest BCUT2D eigenvalue weighted by Crippen LogP contribution is 2.15. The van der Waals surface area contributed by atoms with Crippen molar-refractivity contribution in [2.24, 2.45) is 5.73 Å². The van der Waals surface area contributed by atoms with Crippen LogP contribution in [0.15, 0.2) is 42.9 Å². The molecule has 2 aromatic heterocycles. The fourth-order valence-corrected chi connectivity index (χ4v) is 1.80. The van der Waals surface area contributed by atoms with Crippen LogP contribution in [0.2, 0.25) is 0 Å². The highest BCUT2D eigenvalue weighted by atomic mass is 35.5. The van der Waals surface area contributed by atoms with Crippen molar-refractivity contribution in [2.45, 2.75) is 6.54 Å². The van der Waals surface area contributed by atoms with Crippen LogP contribution < -0.4 is 5.73 Å². The first kappa shape index (κ1) is 12.5. The van der Waals surface area contributed by atoms with E-state index < -0.39 is 0 Å². The Morgan fingerprint density at radius 2 is 2.00 bits per heavy atom. The summed E-state index contributed by atoms with van der Waals surface area (Å²) in [6, 6.07) is 9.97. The Bertz CT molecular complexity index is 664. The number of fused-ring (bicyclic) bond motifs is 1. The molecule has 0 aliphatic carbocycles. The average molecular weight is 262 g/mol. The van der Waals surface area contributed by atoms with Gasteiger partial charge in [-0.25, -0.2) is 9.67 Å². The molecule has 92 valence electrons. The molecule has 0 atom stereocenters. The predicted molar refractivity (Wildman–Crippen MR) is 71.8 cm³/mol. The lowest BCUT2D eigenvalue weighted by atomic mass is 10.2. The van der Waals surface area contributed by atoms with Gasteiger partial charge in [0.25, 0.3) is 0 Å². The lowest BCUT2D eigenvalue weighted by molar-refractivity contribution is 0.788. The summed E-state index contributed by atoms with van der Waals surface area (Å²) in [5, 5.41) is 5.22. The van der Waals surface area contributed by atoms with Gasteiger partial charge < -0.3 is 5.73 Å². The third-order valence-corrected chi connectivity index (χ3v) is 2.62. The van der Waals surface area contributed by atoms with Crippen molar-refractivity contribution in [1.82, 2.24) is 19.7 Å². The van der Waals surface area contributed by atoms with Crippen LogP contribution in [0.4, 0.5) is 0 Å². The number of nitrogens with zero attached hydrogens (tertiary/aromatic N) is 4. The quantitative estimate of drug-likeness (QED) is 0.762. The van der Waals surface area contributed by atoms with Gasteiger partial charge in [-0.05, 0) is 12.1 Å². The van der Waals surface area contributed by atoms with Crippen molar-refractivity contribution in [1.29, 1.82) is 0 Å². The Hall–Kier alpha value is -1.98. The molecule has 3 aromatic rings. The Morgan fingerprint density at radius 1 is 1.17 bits per heavy atom. The van der Waals surface area contributed by atoms with Gasteiger partial charge >= 0.3 is 0 Å². The zero-order chi connectivity index (χ0) is 11.7. The normalized spacial score (nSPS) is 10.3. The summed E-state index contributed by atoms with van der Waals surface area (Å²) in [4.78, 5) is 8.47. The number of halogens is 1. The first-order valence-corrected chi connectivity index (χ1v) is 5.32. The lowest BCUT2D eigenvalue weighted by Crippen LogP contribution is -2.08. The van der Waals surface area contributed by atoms with Gasteiger partial charge in [0, 0.05) is 5.39 Å². The fraction of sp³-hybridized carbons (Fsp3) is 0.0833. The van der Waals surface area contributed by atoms with E-state index in [0.717, 1.165) is 22.4 Å². The van der Waals surface area contributed by atoms with Gasteiger partial charge in [-0.3, -0.25) is 4.98 Å². The van der Waals surface area contributed by atoms with Crippen LogP contribution in [0.3, 0.4) is 0 Å². The van der Waals surface area contributed by atoms with E-state index in [4.69, 9.17) is 5.73 Å². The zero-order valence-electron chi connectivity index (χ0n) is 9.52. The molecule has 2 heterocycles. The maximum atomic E-state index is 5.60. The number of benzene rings is 1. The zero-order valence-corrected chi connectivity index (χ0v) is 10.3. The minimum Gasteiger partial charge on any atom is -0.324 e. The summed E-state index contributed by atoms with van der Waals surface area (Å²) in [5.41, 5.74) is 7.44. The minimum atomic E-state index is 0. The number of para-hydroxylation sites is 1. The van der Waals surface area contributed by atoms with Crippen LogP contribution in [0.25, 0.3) is 16.6 Å². The van der Waals surface area contributed by atoms with E-state index in [-0.39, 0.29) is 12.4 Å². The summed E-state index contributed by atoms with van der Waals surface area (Å²) in [6.07, 6.45) is 3.27. The van der Waals surface area contributed by atoms with Crippen molar-refractivity contribution in [3.63, 3.8) is 0 Å². The monoisotopic (exact) mass is 261 g/mol. The number of nitrogens with two attached hydrogens (primary N) is 1. The van der Waals surface area contributed by atoms with Crippen molar-refractivity contribution in [3.05, 3.63) is 48.7 Å². The molecule has 0 amide bonds. The first-order valence-electron chi connectivity index (χ1n) is 5.32. The summed E-state index contributed by atoms with van der Waals surface area (Å²) in [6.45, 7) is 0.354. The smallest absolute Gasteiger partial charge is 0.146 e. The molecule has 0 unspecified atom stereocenters. The highest BCUT2D eigenvalue weighted by Gasteiger charge is 2.05. The third kappa shape index (κ3) is 2.05. The molecule has 0 saturated carbocycles. The SMILES string of the molecule is Cl.NCc1ncnn1-c1cnc2ccccc2c1. The van der Waals surface area contributed by atoms with E-state index in [0.29, 0.717) is 6.54 Å². The van der Waals surface area contributed by atoms with Crippen LogP contribution in [0, 0.1) is 0 Å². The Kier molecular flexibility index (Phi) is 3.55. The molecule has 0 fully saturated rings. The van der Waals surface area contributed by atoms with E-state index in [1.165, 1.54) is 6.33 Å². The van der Waals surface area contributed by atoms with Crippen LogP contribution in [-0.2, 0) is 6.54 Å². The van der Waals surface area contributed by atoms with E-state index >= 15 is 0 Å². The van der Waals surface area contributed by atoms with Crippen LogP contribution in [0.5, 0.6) is 0 Å². The second-order valence-corrected chi connectivity index (χ2v) is 3.68. The van der Waals surface area contributed by atoms with Crippen molar-refractivity contribution in [2.75, 3.05) is 0 Å². The Balaban J connectivity index is 0.00000120. The summed E-state index contributed by atoms with van der Waals surface area (Å²) in [5.74, 6) is 0.724. The number of pyridine rings is 1. The third-order valence-electron chi connectivity index (χ3n) is 2.62. The Morgan fingerprint density at radius 3 is 2.83 bits per heavy atom. The van der Waals surface area contributed by atoms with Gasteiger partial charge in [0.15, 0.2) is 0 Å². The molecule has 0 aliphatic heterocycles. The van der Waals surface area contributed by atoms with E-state index in [9.17, 15) is 0 Å². The molecule has 0 bridgehead atoms. The molecule has 0 aliphatic rings. The second-order valence-electron chi connectivity index (χ2n) is 3.68. The molecule has 0 spiro atoms. The van der Waals surface area contributed by atoms with Gasteiger partial charge in [-0.1, -0.05) is 18.2 Å². The molecule has 18 heavy (non-hydrogen) atoms. The Labute approximate surface area is 110 Å². The molecule has 3 rings (SSSR count). The molecule has 0 saturated heterocycles. The molecule has 5 nitrogen and oxygen atoms in total. The van der Waals surface area contributed by atoms with Crippen LogP contribution >= 0.6 is 12.4 Å². The fourth-order valence-electron chi connectivity index (χ4n) is 1.80. The van der Waals surface area contributed by atoms with Crippen molar-refractivity contribution < 1.29 is 0 Å². The van der Waals surface area contributed by atoms with Gasteiger partial charge in [0.1, 0.15) is 12.2 Å². The number of aromatic nitrogens is 4. The standard InChI is InChI=1S/C12H11N5.ClH/c13-6-12-15-8-16-17(12)10-5-9-3-1-2-4-11(9)14-7-10;/h1-5,7-8H,6,13H2;1H. The predicted octanol–water partition coefficient (Wildman–Crippen LogP) is 1.70. The van der Waals surface area contributed by atoms with Gasteiger partial charge in [-0.15, -0.1) is 12.4 Å². The minimum absolute atomic E-state index is 0. The molecular weight excluding hydrogens is 250 g/mol. The topological polar surface area (TPSA) is 69.6 Å². The largest absolute Gasteiger partial charge is 0.324 e. The second kappa shape index (κ2) is 5.12. The number of hydrogen-bond donors (Lipinski definition) is 1. The van der Waals surface area contributed by atoms with Crippen LogP contribution in [0.1, 0.15) is 5.82 Å². The van der Waals surface area contributed by atoms with Crippen molar-refractivity contribution >= 4 is 23.3 Å². The van der Waals surface area contributed by atoms with Gasteiger partial charge in [0.05, 0.1) is 23.9 Å². The average Bonchev–Trinajstić information content (AvgIpc) is 2.86. The van der Waals surface area contributed by atoms with Gasteiger partial charge in [0.2, 0.25) is 0 Å². The highest BCUT2D eigenvalue weighted by molar-refractivity contribution is 5.85. The molecule has 0 radical (unpaired) electrons. The molecule has 6 heteroatoms. The molecule has 1 aromatic carbocycles. The summed E-state index contributed by atoms with van der Waals surface area (Å²) >= 11 is 0. The van der Waals surface area contributed by atoms with Crippen molar-refractivity contribution in [3.8, 4) is 5.69 Å². The number of hydrogen-bond acceptors (Lipinski definition) is 4. The first-order chi connectivity index (χ1) is 8.38. The maximum Gasteiger partial charge on any atom is 0.146 e. The molecular formula is C12H12ClN5. The van der Waals surface area contributed by atoms with E-state index in [1.54, 1.807) is 10.9 Å². The van der Waals surface area contributed by atoms with Gasteiger partial charge in [-0.2, -0.15) is 5.10 Å².